The molecule has 2 aliphatic rings. The Morgan fingerprint density at radius 3 is 2.79 bits per heavy atom. The number of rotatable bonds is 4. The van der Waals surface area contributed by atoms with Crippen LogP contribution in [-0.2, 0) is 9.53 Å². The van der Waals surface area contributed by atoms with Crippen LogP contribution in [0, 0.1) is 16.0 Å². The zero-order valence-corrected chi connectivity index (χ0v) is 15.7. The Hall–Kier alpha value is -3.10. The van der Waals surface area contributed by atoms with Crippen LogP contribution in [0.15, 0.2) is 29.5 Å². The number of urea groups is 1. The van der Waals surface area contributed by atoms with Gasteiger partial charge in [0.25, 0.3) is 0 Å². The van der Waals surface area contributed by atoms with E-state index < -0.39 is 34.4 Å². The molecule has 150 valence electrons. The van der Waals surface area contributed by atoms with E-state index in [2.05, 4.69) is 17.6 Å². The molecule has 9 heteroatoms. The van der Waals surface area contributed by atoms with Crippen molar-refractivity contribution in [1.82, 2.24) is 10.6 Å². The van der Waals surface area contributed by atoms with Crippen molar-refractivity contribution in [2.75, 3.05) is 0 Å². The molecule has 0 saturated heterocycles. The standard InChI is InChI=1S/C19H23N3O6/c1-10-4-3-5-13(8-10)28-18(24)16-11(2)20-19(25)21-17(16)12-6-7-15(23)14(9-12)22(26)27/h6-7,9-10,13,17,23H,3-5,8H2,1-2H3,(H2,20,21,25)/t10-,13+,17+/m0/s1. The molecule has 0 aromatic heterocycles. The molecule has 2 amide bonds. The fraction of sp³-hybridized carbons (Fsp3) is 0.474. The highest BCUT2D eigenvalue weighted by Crippen LogP contribution is 2.34. The number of nitrogens with one attached hydrogen (secondary N) is 2. The Kier molecular flexibility index (Phi) is 5.53. The van der Waals surface area contributed by atoms with E-state index in [1.54, 1.807) is 6.92 Å². The third-order valence-electron chi connectivity index (χ3n) is 5.18. The molecule has 0 radical (unpaired) electrons. The number of carbonyl (C=O) groups is 2. The van der Waals surface area contributed by atoms with Gasteiger partial charge in [0.1, 0.15) is 6.10 Å². The number of nitrogens with zero attached hydrogens (tertiary/aromatic N) is 1. The van der Waals surface area contributed by atoms with Gasteiger partial charge < -0.3 is 20.5 Å². The van der Waals surface area contributed by atoms with Crippen LogP contribution in [0.1, 0.15) is 51.1 Å². The van der Waals surface area contributed by atoms with E-state index in [1.165, 1.54) is 12.1 Å². The van der Waals surface area contributed by atoms with Crippen LogP contribution in [-0.4, -0.2) is 28.1 Å². The number of hydrogen-bond donors (Lipinski definition) is 3. The van der Waals surface area contributed by atoms with E-state index in [9.17, 15) is 24.8 Å². The van der Waals surface area contributed by atoms with Gasteiger partial charge in [-0.2, -0.15) is 0 Å². The Balaban J connectivity index is 1.91. The van der Waals surface area contributed by atoms with Crippen LogP contribution < -0.4 is 10.6 Å². The van der Waals surface area contributed by atoms with Crippen molar-refractivity contribution in [2.24, 2.45) is 5.92 Å². The molecule has 1 fully saturated rings. The Bertz CT molecular complexity index is 850. The van der Waals surface area contributed by atoms with Gasteiger partial charge in [-0.1, -0.05) is 19.4 Å². The monoisotopic (exact) mass is 389 g/mol. The van der Waals surface area contributed by atoms with Crippen LogP contribution in [0.2, 0.25) is 0 Å². The van der Waals surface area contributed by atoms with Gasteiger partial charge in [0.05, 0.1) is 16.5 Å². The lowest BCUT2D eigenvalue weighted by Crippen LogP contribution is -2.45. The largest absolute Gasteiger partial charge is 0.502 e. The molecule has 1 heterocycles. The Morgan fingerprint density at radius 1 is 1.36 bits per heavy atom. The van der Waals surface area contributed by atoms with Gasteiger partial charge in [-0.05, 0) is 43.7 Å². The molecule has 3 atom stereocenters. The number of esters is 1. The minimum Gasteiger partial charge on any atom is -0.502 e. The molecular weight excluding hydrogens is 366 g/mol. The van der Waals surface area contributed by atoms with E-state index in [4.69, 9.17) is 4.74 Å². The number of benzene rings is 1. The summed E-state index contributed by atoms with van der Waals surface area (Å²) in [4.78, 5) is 35.3. The zero-order chi connectivity index (χ0) is 20.4. The van der Waals surface area contributed by atoms with Gasteiger partial charge in [-0.3, -0.25) is 10.1 Å². The second-order valence-corrected chi connectivity index (χ2v) is 7.37. The number of amides is 2. The summed E-state index contributed by atoms with van der Waals surface area (Å²) in [5.74, 6) is -0.582. The van der Waals surface area contributed by atoms with Gasteiger partial charge >= 0.3 is 17.7 Å². The molecule has 3 rings (SSSR count). The number of phenols is 1. The maximum atomic E-state index is 12.9. The van der Waals surface area contributed by atoms with Crippen LogP contribution in [0.5, 0.6) is 5.75 Å². The maximum Gasteiger partial charge on any atom is 0.338 e. The molecule has 28 heavy (non-hydrogen) atoms. The van der Waals surface area contributed by atoms with Gasteiger partial charge in [0.15, 0.2) is 5.75 Å². The van der Waals surface area contributed by atoms with Crippen LogP contribution in [0.3, 0.4) is 0 Å². The summed E-state index contributed by atoms with van der Waals surface area (Å²) in [6.07, 6.45) is 3.47. The number of hydrogen-bond acceptors (Lipinski definition) is 6. The van der Waals surface area contributed by atoms with Crippen molar-refractivity contribution in [1.29, 1.82) is 0 Å². The number of aromatic hydroxyl groups is 1. The topological polar surface area (TPSA) is 131 Å². The summed E-state index contributed by atoms with van der Waals surface area (Å²) in [7, 11) is 0. The fourth-order valence-corrected chi connectivity index (χ4v) is 3.78. The second-order valence-electron chi connectivity index (χ2n) is 7.37. The number of ether oxygens (including phenoxy) is 1. The molecule has 1 aromatic rings. The predicted molar refractivity (Wildman–Crippen MR) is 99.4 cm³/mol. The van der Waals surface area contributed by atoms with Crippen molar-refractivity contribution >= 4 is 17.7 Å². The molecule has 1 saturated carbocycles. The average Bonchev–Trinajstić information content (AvgIpc) is 2.61. The molecule has 3 N–H and O–H groups in total. The van der Waals surface area contributed by atoms with Crippen molar-refractivity contribution in [3.63, 3.8) is 0 Å². The number of nitro benzene ring substituents is 1. The lowest BCUT2D eigenvalue weighted by molar-refractivity contribution is -0.385. The molecular formula is C19H23N3O6. The predicted octanol–water partition coefficient (Wildman–Crippen LogP) is 3.05. The molecule has 1 aliphatic heterocycles. The lowest BCUT2D eigenvalue weighted by Gasteiger charge is -2.31. The highest BCUT2D eigenvalue weighted by atomic mass is 16.6. The van der Waals surface area contributed by atoms with Crippen molar-refractivity contribution in [3.8, 4) is 5.75 Å². The van der Waals surface area contributed by atoms with Crippen molar-refractivity contribution in [2.45, 2.75) is 51.7 Å². The SMILES string of the molecule is CC1=C(C(=O)O[C@@H]2CCC[C@H](C)C2)[C@@H](c2ccc(O)c([N+](=O)[O-])c2)NC(=O)N1. The first-order valence-corrected chi connectivity index (χ1v) is 9.22. The third kappa shape index (κ3) is 4.08. The third-order valence-corrected chi connectivity index (χ3v) is 5.18. The Morgan fingerprint density at radius 2 is 2.11 bits per heavy atom. The highest BCUT2D eigenvalue weighted by Gasteiger charge is 2.35. The summed E-state index contributed by atoms with van der Waals surface area (Å²) in [6, 6.07) is 2.31. The number of phenolic OH excluding ortho intramolecular Hbond substituents is 1. The van der Waals surface area contributed by atoms with Gasteiger partial charge in [-0.25, -0.2) is 9.59 Å². The minimum absolute atomic E-state index is 0.191. The van der Waals surface area contributed by atoms with Gasteiger partial charge in [0, 0.05) is 11.8 Å². The molecule has 1 aliphatic carbocycles. The quantitative estimate of drug-likeness (QED) is 0.412. The van der Waals surface area contributed by atoms with Gasteiger partial charge in [-0.15, -0.1) is 0 Å². The summed E-state index contributed by atoms with van der Waals surface area (Å²) in [6.45, 7) is 3.70. The first-order chi connectivity index (χ1) is 13.3. The fourth-order valence-electron chi connectivity index (χ4n) is 3.78. The minimum atomic E-state index is -0.915. The Labute approximate surface area is 161 Å². The molecule has 0 spiro atoms. The van der Waals surface area contributed by atoms with E-state index in [-0.39, 0.29) is 11.7 Å². The lowest BCUT2D eigenvalue weighted by atomic mass is 9.88. The van der Waals surface area contributed by atoms with Crippen molar-refractivity contribution < 1.29 is 24.4 Å². The first kappa shape index (κ1) is 19.7. The summed E-state index contributed by atoms with van der Waals surface area (Å²) >= 11 is 0. The molecule has 0 unspecified atom stereocenters. The smallest absolute Gasteiger partial charge is 0.338 e. The number of carbonyl (C=O) groups excluding carboxylic acids is 2. The maximum absolute atomic E-state index is 12.9. The molecule has 0 bridgehead atoms. The zero-order valence-electron chi connectivity index (χ0n) is 15.7. The van der Waals surface area contributed by atoms with E-state index in [1.807, 2.05) is 0 Å². The number of allylic oxidation sites excluding steroid dienone is 1. The highest BCUT2D eigenvalue weighted by molar-refractivity contribution is 5.95. The normalized spacial score (nSPS) is 24.9. The summed E-state index contributed by atoms with van der Waals surface area (Å²) < 4.78 is 5.69. The van der Waals surface area contributed by atoms with E-state index in [0.717, 1.165) is 31.7 Å². The first-order valence-electron chi connectivity index (χ1n) is 9.22. The van der Waals surface area contributed by atoms with Crippen molar-refractivity contribution in [3.05, 3.63) is 45.1 Å². The van der Waals surface area contributed by atoms with Crippen LogP contribution in [0.25, 0.3) is 0 Å². The molecule has 9 nitrogen and oxygen atoms in total. The summed E-state index contributed by atoms with van der Waals surface area (Å²) in [5.41, 5.74) is 0.329. The van der Waals surface area contributed by atoms with Gasteiger partial charge in [0.2, 0.25) is 0 Å². The van der Waals surface area contributed by atoms with Crippen LogP contribution >= 0.6 is 0 Å². The number of nitro groups is 1. The van der Waals surface area contributed by atoms with E-state index in [0.29, 0.717) is 17.2 Å². The molecule has 1 aromatic carbocycles. The second kappa shape index (κ2) is 7.87. The van der Waals surface area contributed by atoms with E-state index >= 15 is 0 Å². The summed E-state index contributed by atoms with van der Waals surface area (Å²) in [5, 5.41) is 26.0. The average molecular weight is 389 g/mol. The van der Waals surface area contributed by atoms with Crippen LogP contribution in [0.4, 0.5) is 10.5 Å².